The summed E-state index contributed by atoms with van der Waals surface area (Å²) in [6.07, 6.45) is 7.26. The molecular formula is C21H20ClFN4O2S. The number of anilines is 1. The van der Waals surface area contributed by atoms with Gasteiger partial charge in [0, 0.05) is 30.4 Å². The van der Waals surface area contributed by atoms with Gasteiger partial charge in [-0.25, -0.2) is 9.37 Å². The molecule has 2 amide bonds. The van der Waals surface area contributed by atoms with Crippen LogP contribution in [0.5, 0.6) is 0 Å². The van der Waals surface area contributed by atoms with Gasteiger partial charge in [-0.15, -0.1) is 11.3 Å². The van der Waals surface area contributed by atoms with E-state index in [0.29, 0.717) is 30.8 Å². The highest BCUT2D eigenvalue weighted by atomic mass is 35.5. The zero-order chi connectivity index (χ0) is 20.9. The quantitative estimate of drug-likeness (QED) is 0.652. The van der Waals surface area contributed by atoms with E-state index in [0.717, 1.165) is 24.2 Å². The van der Waals surface area contributed by atoms with Gasteiger partial charge in [-0.3, -0.25) is 14.0 Å². The van der Waals surface area contributed by atoms with Gasteiger partial charge < -0.3 is 10.2 Å². The van der Waals surface area contributed by atoms with Crippen LogP contribution in [0, 0.1) is 11.2 Å². The summed E-state index contributed by atoms with van der Waals surface area (Å²) in [5.74, 6) is -0.543. The zero-order valence-electron chi connectivity index (χ0n) is 16.1. The van der Waals surface area contributed by atoms with E-state index < -0.39 is 11.2 Å². The van der Waals surface area contributed by atoms with Crippen LogP contribution in [-0.4, -0.2) is 33.8 Å². The number of hydrogen-bond donors (Lipinski definition) is 1. The maximum Gasteiger partial charge on any atom is 0.271 e. The van der Waals surface area contributed by atoms with Crippen molar-refractivity contribution in [1.29, 1.82) is 0 Å². The SMILES string of the molecule is O=C(NC1CCC2(CC1)CCN(c1ccc(F)cc1Cl)C2=O)c1cn2ccsc2n1. The second-order valence-electron chi connectivity index (χ2n) is 8.05. The first kappa shape index (κ1) is 19.5. The van der Waals surface area contributed by atoms with Gasteiger partial charge in [-0.1, -0.05) is 11.6 Å². The Morgan fingerprint density at radius 3 is 2.83 bits per heavy atom. The van der Waals surface area contributed by atoms with Crippen LogP contribution in [0.15, 0.2) is 36.0 Å². The van der Waals surface area contributed by atoms with E-state index >= 15 is 0 Å². The molecule has 1 aromatic carbocycles. The highest BCUT2D eigenvalue weighted by Crippen LogP contribution is 2.47. The summed E-state index contributed by atoms with van der Waals surface area (Å²) in [5.41, 5.74) is 0.557. The van der Waals surface area contributed by atoms with Crippen molar-refractivity contribution in [3.63, 3.8) is 0 Å². The molecule has 156 valence electrons. The number of nitrogens with zero attached hydrogens (tertiary/aromatic N) is 3. The molecule has 1 N–H and O–H groups in total. The van der Waals surface area contributed by atoms with Crippen LogP contribution in [0.25, 0.3) is 4.96 Å². The van der Waals surface area contributed by atoms with E-state index in [1.165, 1.54) is 23.5 Å². The Hall–Kier alpha value is -2.45. The smallest absolute Gasteiger partial charge is 0.271 e. The Balaban J connectivity index is 1.23. The van der Waals surface area contributed by atoms with Gasteiger partial charge in [-0.05, 0) is 50.3 Å². The molecule has 6 nitrogen and oxygen atoms in total. The van der Waals surface area contributed by atoms with E-state index in [-0.39, 0.29) is 22.9 Å². The van der Waals surface area contributed by atoms with Crippen molar-refractivity contribution in [2.24, 2.45) is 5.41 Å². The lowest BCUT2D eigenvalue weighted by molar-refractivity contribution is -0.127. The van der Waals surface area contributed by atoms with E-state index in [1.807, 2.05) is 16.0 Å². The van der Waals surface area contributed by atoms with Crippen molar-refractivity contribution in [2.75, 3.05) is 11.4 Å². The maximum absolute atomic E-state index is 13.4. The fourth-order valence-electron chi connectivity index (χ4n) is 4.63. The zero-order valence-corrected chi connectivity index (χ0v) is 17.7. The average Bonchev–Trinajstić information content (AvgIpc) is 3.40. The summed E-state index contributed by atoms with van der Waals surface area (Å²) >= 11 is 7.66. The summed E-state index contributed by atoms with van der Waals surface area (Å²) < 4.78 is 15.2. The van der Waals surface area contributed by atoms with Crippen LogP contribution in [-0.2, 0) is 4.79 Å². The van der Waals surface area contributed by atoms with E-state index in [4.69, 9.17) is 11.6 Å². The third kappa shape index (κ3) is 3.28. The van der Waals surface area contributed by atoms with Crippen LogP contribution in [0.2, 0.25) is 5.02 Å². The lowest BCUT2D eigenvalue weighted by Crippen LogP contribution is -2.44. The Morgan fingerprint density at radius 1 is 1.30 bits per heavy atom. The van der Waals surface area contributed by atoms with Crippen molar-refractivity contribution in [2.45, 2.75) is 38.1 Å². The molecule has 2 fully saturated rings. The fraction of sp³-hybridized carbons (Fsp3) is 0.381. The minimum atomic E-state index is -0.421. The lowest BCUT2D eigenvalue weighted by Gasteiger charge is -2.36. The van der Waals surface area contributed by atoms with Crippen molar-refractivity contribution < 1.29 is 14.0 Å². The first-order valence-corrected chi connectivity index (χ1v) is 11.2. The van der Waals surface area contributed by atoms with Gasteiger partial charge in [0.05, 0.1) is 16.1 Å². The first-order chi connectivity index (χ1) is 14.4. The molecule has 1 aliphatic heterocycles. The van der Waals surface area contributed by atoms with Gasteiger partial charge in [0.1, 0.15) is 11.5 Å². The predicted molar refractivity (Wildman–Crippen MR) is 114 cm³/mol. The Kier molecular flexibility index (Phi) is 4.78. The molecular weight excluding hydrogens is 427 g/mol. The Morgan fingerprint density at radius 2 is 2.10 bits per heavy atom. The standard InChI is InChI=1S/C21H20ClFN4O2S/c22-15-11-13(23)1-2-17(15)27-8-7-21(19(27)29)5-3-14(4-6-21)24-18(28)16-12-26-9-10-30-20(26)25-16/h1-2,9-12,14H,3-8H2,(H,24,28). The summed E-state index contributed by atoms with van der Waals surface area (Å²) in [5, 5.41) is 5.24. The number of benzene rings is 1. The minimum Gasteiger partial charge on any atom is -0.348 e. The van der Waals surface area contributed by atoms with Crippen LogP contribution in [0.1, 0.15) is 42.6 Å². The predicted octanol–water partition coefficient (Wildman–Crippen LogP) is 4.28. The minimum absolute atomic E-state index is 0.0270. The molecule has 5 rings (SSSR count). The lowest BCUT2D eigenvalue weighted by atomic mass is 9.71. The largest absolute Gasteiger partial charge is 0.348 e. The summed E-state index contributed by atoms with van der Waals surface area (Å²) in [6.45, 7) is 0.576. The summed E-state index contributed by atoms with van der Waals surface area (Å²) in [6, 6.07) is 4.16. The number of amides is 2. The molecule has 1 spiro atoms. The molecule has 2 aliphatic rings. The van der Waals surface area contributed by atoms with Crippen molar-refractivity contribution >= 4 is 45.4 Å². The van der Waals surface area contributed by atoms with Gasteiger partial charge in [0.25, 0.3) is 5.91 Å². The normalized spacial score (nSPS) is 24.1. The second kappa shape index (κ2) is 7.35. The maximum atomic E-state index is 13.4. The number of nitrogens with one attached hydrogen (secondary N) is 1. The molecule has 0 unspecified atom stereocenters. The number of rotatable bonds is 3. The molecule has 0 atom stereocenters. The van der Waals surface area contributed by atoms with Crippen molar-refractivity contribution in [1.82, 2.24) is 14.7 Å². The molecule has 9 heteroatoms. The number of imidazole rings is 1. The average molecular weight is 447 g/mol. The van der Waals surface area contributed by atoms with Crippen molar-refractivity contribution in [3.05, 3.63) is 52.5 Å². The van der Waals surface area contributed by atoms with Crippen LogP contribution >= 0.6 is 22.9 Å². The number of fused-ring (bicyclic) bond motifs is 1. The first-order valence-electron chi connectivity index (χ1n) is 9.95. The van der Waals surface area contributed by atoms with Gasteiger partial charge in [-0.2, -0.15) is 0 Å². The molecule has 0 bridgehead atoms. The molecule has 1 saturated carbocycles. The van der Waals surface area contributed by atoms with E-state index in [2.05, 4.69) is 10.3 Å². The van der Waals surface area contributed by atoms with Crippen LogP contribution < -0.4 is 10.2 Å². The molecule has 0 radical (unpaired) electrons. The number of halogens is 2. The van der Waals surface area contributed by atoms with Crippen LogP contribution in [0.3, 0.4) is 0 Å². The molecule has 30 heavy (non-hydrogen) atoms. The third-order valence-electron chi connectivity index (χ3n) is 6.32. The second-order valence-corrected chi connectivity index (χ2v) is 9.33. The highest BCUT2D eigenvalue weighted by Gasteiger charge is 2.49. The number of thiazole rings is 1. The van der Waals surface area contributed by atoms with E-state index in [1.54, 1.807) is 17.2 Å². The number of hydrogen-bond acceptors (Lipinski definition) is 4. The number of aromatic nitrogens is 2. The Bertz CT molecular complexity index is 1110. The molecule has 1 saturated heterocycles. The monoisotopic (exact) mass is 446 g/mol. The molecule has 2 aromatic heterocycles. The fourth-order valence-corrected chi connectivity index (χ4v) is 5.59. The van der Waals surface area contributed by atoms with Gasteiger partial charge in [0.15, 0.2) is 4.96 Å². The topological polar surface area (TPSA) is 66.7 Å². The summed E-state index contributed by atoms with van der Waals surface area (Å²) in [4.78, 5) is 32.6. The van der Waals surface area contributed by atoms with Crippen molar-refractivity contribution in [3.8, 4) is 0 Å². The molecule has 1 aliphatic carbocycles. The number of carbonyl (C=O) groups excluding carboxylic acids is 2. The van der Waals surface area contributed by atoms with Crippen LogP contribution in [0.4, 0.5) is 10.1 Å². The highest BCUT2D eigenvalue weighted by molar-refractivity contribution is 7.15. The summed E-state index contributed by atoms with van der Waals surface area (Å²) in [7, 11) is 0. The van der Waals surface area contributed by atoms with Gasteiger partial charge >= 0.3 is 0 Å². The van der Waals surface area contributed by atoms with E-state index in [9.17, 15) is 14.0 Å². The van der Waals surface area contributed by atoms with Gasteiger partial charge in [0.2, 0.25) is 5.91 Å². The number of carbonyl (C=O) groups is 2. The molecule has 3 aromatic rings. The third-order valence-corrected chi connectivity index (χ3v) is 7.39. The Labute approximate surface area is 181 Å². The molecule has 3 heterocycles.